The van der Waals surface area contributed by atoms with E-state index in [0.717, 1.165) is 57.6 Å². The molecule has 0 N–H and O–H groups in total. The Hall–Kier alpha value is -2.12. The first-order valence-corrected chi connectivity index (χ1v) is 13.3. The van der Waals surface area contributed by atoms with Gasteiger partial charge in [0.2, 0.25) is 5.91 Å². The lowest BCUT2D eigenvalue weighted by Gasteiger charge is -2.41. The first-order chi connectivity index (χ1) is 16.5. The molecule has 0 atom stereocenters. The SMILES string of the molecule is CC(C)Oc1ccc(C(=O)N2CCN(CCC(=O)N3CCN(C4CCCCC4)CC3)CC2)cc1. The summed E-state index contributed by atoms with van der Waals surface area (Å²) < 4.78 is 5.67. The van der Waals surface area contributed by atoms with Crippen LogP contribution in [-0.4, -0.2) is 102 Å². The fraction of sp³-hybridized carbons (Fsp3) is 0.704. The Balaban J connectivity index is 1.14. The number of nitrogens with zero attached hydrogens (tertiary/aromatic N) is 4. The van der Waals surface area contributed by atoms with E-state index in [-0.39, 0.29) is 17.9 Å². The monoisotopic (exact) mass is 470 g/mol. The van der Waals surface area contributed by atoms with Crippen LogP contribution in [0.25, 0.3) is 0 Å². The van der Waals surface area contributed by atoms with E-state index in [1.165, 1.54) is 32.1 Å². The van der Waals surface area contributed by atoms with Gasteiger partial charge in [0.1, 0.15) is 5.75 Å². The van der Waals surface area contributed by atoms with Gasteiger partial charge in [0.05, 0.1) is 6.10 Å². The number of hydrogen-bond donors (Lipinski definition) is 0. The van der Waals surface area contributed by atoms with Crippen LogP contribution >= 0.6 is 0 Å². The summed E-state index contributed by atoms with van der Waals surface area (Å²) in [7, 11) is 0. The Morgan fingerprint density at radius 2 is 1.47 bits per heavy atom. The summed E-state index contributed by atoms with van der Waals surface area (Å²) in [5, 5.41) is 0. The maximum atomic E-state index is 12.9. The Labute approximate surface area is 205 Å². The van der Waals surface area contributed by atoms with Crippen LogP contribution in [0, 0.1) is 0 Å². The number of carbonyl (C=O) groups is 2. The Morgan fingerprint density at radius 3 is 2.09 bits per heavy atom. The smallest absolute Gasteiger partial charge is 0.253 e. The van der Waals surface area contributed by atoms with Gasteiger partial charge in [-0.1, -0.05) is 19.3 Å². The van der Waals surface area contributed by atoms with Crippen LogP contribution in [0.5, 0.6) is 5.75 Å². The van der Waals surface area contributed by atoms with Gasteiger partial charge in [-0.3, -0.25) is 19.4 Å². The topological polar surface area (TPSA) is 56.3 Å². The van der Waals surface area contributed by atoms with Crippen LogP contribution in [0.4, 0.5) is 0 Å². The predicted molar refractivity (Wildman–Crippen MR) is 134 cm³/mol. The molecule has 1 saturated carbocycles. The van der Waals surface area contributed by atoms with Crippen molar-refractivity contribution < 1.29 is 14.3 Å². The second-order valence-corrected chi connectivity index (χ2v) is 10.3. The van der Waals surface area contributed by atoms with Crippen LogP contribution in [-0.2, 0) is 4.79 Å². The van der Waals surface area contributed by atoms with Gasteiger partial charge < -0.3 is 14.5 Å². The standard InChI is InChI=1S/C27H42N4O3/c1-22(2)34-25-10-8-23(9-11-25)27(33)31-16-14-28(15-17-31)13-12-26(32)30-20-18-29(19-21-30)24-6-4-3-5-7-24/h8-11,22,24H,3-7,12-21H2,1-2H3. The molecule has 1 aliphatic carbocycles. The molecule has 34 heavy (non-hydrogen) atoms. The van der Waals surface area contributed by atoms with Gasteiger partial charge in [-0.15, -0.1) is 0 Å². The highest BCUT2D eigenvalue weighted by molar-refractivity contribution is 5.94. The molecule has 0 radical (unpaired) electrons. The molecule has 2 aliphatic heterocycles. The first kappa shape index (κ1) is 25.0. The highest BCUT2D eigenvalue weighted by atomic mass is 16.5. The van der Waals surface area contributed by atoms with Crippen molar-refractivity contribution in [2.45, 2.75) is 64.5 Å². The van der Waals surface area contributed by atoms with Crippen LogP contribution in [0.1, 0.15) is 62.7 Å². The van der Waals surface area contributed by atoms with Crippen LogP contribution in [0.3, 0.4) is 0 Å². The van der Waals surface area contributed by atoms with Crippen molar-refractivity contribution in [2.75, 3.05) is 58.9 Å². The molecule has 3 fully saturated rings. The van der Waals surface area contributed by atoms with Crippen LogP contribution < -0.4 is 4.74 Å². The molecule has 2 amide bonds. The van der Waals surface area contributed by atoms with Crippen molar-refractivity contribution >= 4 is 11.8 Å². The zero-order chi connectivity index (χ0) is 23.9. The van der Waals surface area contributed by atoms with Crippen molar-refractivity contribution in [1.82, 2.24) is 19.6 Å². The van der Waals surface area contributed by atoms with E-state index in [0.29, 0.717) is 25.1 Å². The summed E-state index contributed by atoms with van der Waals surface area (Å²) in [6.07, 6.45) is 7.48. The van der Waals surface area contributed by atoms with E-state index in [9.17, 15) is 9.59 Å². The molecule has 0 unspecified atom stereocenters. The van der Waals surface area contributed by atoms with Crippen molar-refractivity contribution in [3.63, 3.8) is 0 Å². The third-order valence-electron chi connectivity index (χ3n) is 7.53. The number of hydrogen-bond acceptors (Lipinski definition) is 5. The molecule has 7 nitrogen and oxygen atoms in total. The highest BCUT2D eigenvalue weighted by Crippen LogP contribution is 2.23. The maximum absolute atomic E-state index is 12.9. The molecule has 1 aromatic carbocycles. The molecule has 4 rings (SSSR count). The minimum absolute atomic E-state index is 0.0719. The summed E-state index contributed by atoms with van der Waals surface area (Å²) in [4.78, 5) is 34.5. The molecule has 3 aliphatic rings. The van der Waals surface area contributed by atoms with E-state index >= 15 is 0 Å². The maximum Gasteiger partial charge on any atom is 0.253 e. The molecule has 0 spiro atoms. The predicted octanol–water partition coefficient (Wildman–Crippen LogP) is 3.10. The zero-order valence-electron chi connectivity index (χ0n) is 21.1. The van der Waals surface area contributed by atoms with E-state index in [2.05, 4.69) is 14.7 Å². The Kier molecular flexibility index (Phi) is 8.84. The number of ether oxygens (including phenoxy) is 1. The van der Waals surface area contributed by atoms with Crippen LogP contribution in [0.2, 0.25) is 0 Å². The number of amides is 2. The quantitative estimate of drug-likeness (QED) is 0.613. The van der Waals surface area contributed by atoms with Gasteiger partial charge in [-0.05, 0) is 51.0 Å². The third kappa shape index (κ3) is 6.72. The van der Waals surface area contributed by atoms with Crippen molar-refractivity contribution in [3.05, 3.63) is 29.8 Å². The minimum atomic E-state index is 0.0719. The Bertz CT molecular complexity index is 791. The largest absolute Gasteiger partial charge is 0.491 e. The molecule has 1 aromatic rings. The lowest BCUT2D eigenvalue weighted by molar-refractivity contribution is -0.133. The van der Waals surface area contributed by atoms with E-state index < -0.39 is 0 Å². The number of benzene rings is 1. The number of rotatable bonds is 7. The van der Waals surface area contributed by atoms with Crippen LogP contribution in [0.15, 0.2) is 24.3 Å². The second-order valence-electron chi connectivity index (χ2n) is 10.3. The van der Waals surface area contributed by atoms with Gasteiger partial charge in [0, 0.05) is 76.9 Å². The first-order valence-electron chi connectivity index (χ1n) is 13.3. The van der Waals surface area contributed by atoms with E-state index in [1.54, 1.807) is 0 Å². The van der Waals surface area contributed by atoms with Gasteiger partial charge in [-0.25, -0.2) is 0 Å². The zero-order valence-corrected chi connectivity index (χ0v) is 21.1. The lowest BCUT2D eigenvalue weighted by atomic mass is 9.94. The van der Waals surface area contributed by atoms with Gasteiger partial charge in [0.25, 0.3) is 5.91 Å². The second kappa shape index (κ2) is 12.0. The molecular weight excluding hydrogens is 428 g/mol. The van der Waals surface area contributed by atoms with Gasteiger partial charge >= 0.3 is 0 Å². The number of piperazine rings is 2. The molecular formula is C27H42N4O3. The molecule has 188 valence electrons. The molecule has 2 saturated heterocycles. The third-order valence-corrected chi connectivity index (χ3v) is 7.53. The summed E-state index contributed by atoms with van der Waals surface area (Å²) >= 11 is 0. The molecule has 7 heteroatoms. The molecule has 2 heterocycles. The fourth-order valence-corrected chi connectivity index (χ4v) is 5.50. The summed E-state index contributed by atoms with van der Waals surface area (Å²) in [6.45, 7) is 11.6. The summed E-state index contributed by atoms with van der Waals surface area (Å²) in [5.41, 5.74) is 0.701. The average molecular weight is 471 g/mol. The lowest BCUT2D eigenvalue weighted by Crippen LogP contribution is -2.53. The van der Waals surface area contributed by atoms with Crippen molar-refractivity contribution in [1.29, 1.82) is 0 Å². The Morgan fingerprint density at radius 1 is 0.853 bits per heavy atom. The molecule has 0 aromatic heterocycles. The van der Waals surface area contributed by atoms with E-state index in [4.69, 9.17) is 4.74 Å². The average Bonchev–Trinajstić information content (AvgIpc) is 2.88. The van der Waals surface area contributed by atoms with Gasteiger partial charge in [0.15, 0.2) is 0 Å². The fourth-order valence-electron chi connectivity index (χ4n) is 5.50. The van der Waals surface area contributed by atoms with Crippen molar-refractivity contribution in [3.8, 4) is 5.75 Å². The number of carbonyl (C=O) groups excluding carboxylic acids is 2. The highest BCUT2D eigenvalue weighted by Gasteiger charge is 2.28. The van der Waals surface area contributed by atoms with Gasteiger partial charge in [-0.2, -0.15) is 0 Å². The van der Waals surface area contributed by atoms with Crippen molar-refractivity contribution in [2.24, 2.45) is 0 Å². The molecule has 0 bridgehead atoms. The summed E-state index contributed by atoms with van der Waals surface area (Å²) in [5.74, 6) is 1.14. The van der Waals surface area contributed by atoms with E-state index in [1.807, 2.05) is 43.0 Å². The minimum Gasteiger partial charge on any atom is -0.491 e. The summed E-state index contributed by atoms with van der Waals surface area (Å²) in [6, 6.07) is 8.17. The normalized spacial score (nSPS) is 21.1.